The molecule has 1 aliphatic rings. The number of carbonyl (C=O) groups is 2. The second-order valence-corrected chi connectivity index (χ2v) is 8.09. The van der Waals surface area contributed by atoms with Crippen molar-refractivity contribution in [1.82, 2.24) is 15.1 Å². The lowest BCUT2D eigenvalue weighted by Gasteiger charge is -2.30. The summed E-state index contributed by atoms with van der Waals surface area (Å²) in [6.07, 6.45) is -1.80. The Bertz CT molecular complexity index is 731. The van der Waals surface area contributed by atoms with Crippen LogP contribution in [-0.4, -0.2) is 67.7 Å². The number of benzene rings is 1. The van der Waals surface area contributed by atoms with Gasteiger partial charge in [0.1, 0.15) is 0 Å². The van der Waals surface area contributed by atoms with Gasteiger partial charge in [-0.3, -0.25) is 9.69 Å². The molecule has 1 fully saturated rings. The van der Waals surface area contributed by atoms with Crippen LogP contribution >= 0.6 is 0 Å². The van der Waals surface area contributed by atoms with E-state index >= 15 is 0 Å². The number of halogens is 3. The molecule has 0 aliphatic carbocycles. The molecule has 0 saturated carbocycles. The van der Waals surface area contributed by atoms with Crippen LogP contribution in [-0.2, 0) is 0 Å². The molecule has 0 spiro atoms. The molecule has 1 saturated heterocycles. The maximum Gasteiger partial charge on any atom is 0.401 e. The summed E-state index contributed by atoms with van der Waals surface area (Å²) >= 11 is 0. The van der Waals surface area contributed by atoms with Gasteiger partial charge in [-0.1, -0.05) is 6.92 Å². The lowest BCUT2D eigenvalue weighted by molar-refractivity contribution is -0.143. The second kappa shape index (κ2) is 10.7. The van der Waals surface area contributed by atoms with Gasteiger partial charge in [-0.25, -0.2) is 4.79 Å². The smallest absolute Gasteiger partial charge is 0.339 e. The van der Waals surface area contributed by atoms with Gasteiger partial charge in [0, 0.05) is 30.9 Å². The summed E-state index contributed by atoms with van der Waals surface area (Å²) in [5.41, 5.74) is 1.96. The van der Waals surface area contributed by atoms with E-state index in [0.717, 1.165) is 31.5 Å². The first kappa shape index (κ1) is 24.0. The van der Waals surface area contributed by atoms with Gasteiger partial charge in [0.2, 0.25) is 0 Å². The standard InChI is InChI=1S/C21H31F3N4O2/c1-15-7-11-28(12-8-15)19(29)17-5-6-18(16(2)13-17)26-20(30)25-9-4-10-27(3)14-21(22,23)24/h5-6,13,15H,4,7-12,14H2,1-3H3,(H2,25,26,30). The summed E-state index contributed by atoms with van der Waals surface area (Å²) < 4.78 is 36.8. The Kier molecular flexibility index (Phi) is 8.52. The number of carbonyl (C=O) groups excluding carboxylic acids is 2. The third-order valence-corrected chi connectivity index (χ3v) is 5.24. The van der Waals surface area contributed by atoms with E-state index in [9.17, 15) is 22.8 Å². The number of hydrogen-bond acceptors (Lipinski definition) is 3. The molecule has 6 nitrogen and oxygen atoms in total. The molecule has 2 rings (SSSR count). The number of piperidine rings is 1. The van der Waals surface area contributed by atoms with E-state index in [-0.39, 0.29) is 19.0 Å². The molecule has 30 heavy (non-hydrogen) atoms. The highest BCUT2D eigenvalue weighted by Gasteiger charge is 2.28. The van der Waals surface area contributed by atoms with Crippen LogP contribution in [0.25, 0.3) is 0 Å². The average molecular weight is 428 g/mol. The first-order valence-electron chi connectivity index (χ1n) is 10.2. The van der Waals surface area contributed by atoms with E-state index in [4.69, 9.17) is 0 Å². The maximum absolute atomic E-state index is 12.7. The minimum atomic E-state index is -4.23. The fourth-order valence-corrected chi connectivity index (χ4v) is 3.43. The zero-order valence-corrected chi connectivity index (χ0v) is 17.8. The SMILES string of the molecule is Cc1cc(C(=O)N2CCC(C)CC2)ccc1NC(=O)NCCCN(C)CC(F)(F)F. The van der Waals surface area contributed by atoms with Gasteiger partial charge in [-0.2, -0.15) is 13.2 Å². The van der Waals surface area contributed by atoms with Crippen LogP contribution < -0.4 is 10.6 Å². The lowest BCUT2D eigenvalue weighted by Crippen LogP contribution is -2.38. The Morgan fingerprint density at radius 1 is 1.23 bits per heavy atom. The molecule has 0 unspecified atom stereocenters. The Labute approximate surface area is 175 Å². The van der Waals surface area contributed by atoms with E-state index in [2.05, 4.69) is 17.6 Å². The van der Waals surface area contributed by atoms with Crippen molar-refractivity contribution in [3.05, 3.63) is 29.3 Å². The first-order chi connectivity index (χ1) is 14.0. The van der Waals surface area contributed by atoms with Gasteiger partial charge in [0.25, 0.3) is 5.91 Å². The molecule has 0 radical (unpaired) electrons. The molecule has 9 heteroatoms. The van der Waals surface area contributed by atoms with Gasteiger partial charge >= 0.3 is 12.2 Å². The van der Waals surface area contributed by atoms with E-state index in [1.807, 2.05) is 11.8 Å². The number of likely N-dealkylation sites (tertiary alicyclic amines) is 1. The average Bonchev–Trinajstić information content (AvgIpc) is 2.65. The zero-order valence-electron chi connectivity index (χ0n) is 17.8. The van der Waals surface area contributed by atoms with Crippen molar-refractivity contribution in [2.45, 2.75) is 39.3 Å². The fourth-order valence-electron chi connectivity index (χ4n) is 3.43. The minimum Gasteiger partial charge on any atom is -0.339 e. The van der Waals surface area contributed by atoms with Crippen molar-refractivity contribution in [3.63, 3.8) is 0 Å². The first-order valence-corrected chi connectivity index (χ1v) is 10.2. The van der Waals surface area contributed by atoms with Crippen molar-refractivity contribution in [2.24, 2.45) is 5.92 Å². The molecule has 0 bridgehead atoms. The number of amides is 3. The number of rotatable bonds is 7. The monoisotopic (exact) mass is 428 g/mol. The highest BCUT2D eigenvalue weighted by atomic mass is 19.4. The lowest BCUT2D eigenvalue weighted by atomic mass is 9.98. The summed E-state index contributed by atoms with van der Waals surface area (Å²) in [7, 11) is 1.39. The van der Waals surface area contributed by atoms with Crippen LogP contribution in [0.1, 0.15) is 42.1 Å². The van der Waals surface area contributed by atoms with Crippen LogP contribution in [0.4, 0.5) is 23.7 Å². The summed E-state index contributed by atoms with van der Waals surface area (Å²) in [5, 5.41) is 5.36. The van der Waals surface area contributed by atoms with Crippen LogP contribution in [0.5, 0.6) is 0 Å². The van der Waals surface area contributed by atoms with Crippen molar-refractivity contribution >= 4 is 17.6 Å². The minimum absolute atomic E-state index is 0.00368. The third kappa shape index (κ3) is 7.85. The Balaban J connectivity index is 1.78. The van der Waals surface area contributed by atoms with Crippen molar-refractivity contribution in [3.8, 4) is 0 Å². The van der Waals surface area contributed by atoms with E-state index in [0.29, 0.717) is 23.6 Å². The fraction of sp³-hybridized carbons (Fsp3) is 0.619. The van der Waals surface area contributed by atoms with Gasteiger partial charge in [-0.05, 0) is 69.5 Å². The molecule has 0 atom stereocenters. The Hall–Kier alpha value is -2.29. The third-order valence-electron chi connectivity index (χ3n) is 5.24. The van der Waals surface area contributed by atoms with Crippen LogP contribution in [0.15, 0.2) is 18.2 Å². The van der Waals surface area contributed by atoms with E-state index in [1.165, 1.54) is 11.9 Å². The molecular formula is C21H31F3N4O2. The predicted molar refractivity (Wildman–Crippen MR) is 111 cm³/mol. The molecule has 1 heterocycles. The van der Waals surface area contributed by atoms with Crippen molar-refractivity contribution < 1.29 is 22.8 Å². The van der Waals surface area contributed by atoms with Gasteiger partial charge < -0.3 is 15.5 Å². The number of anilines is 1. The molecular weight excluding hydrogens is 397 g/mol. The summed E-state index contributed by atoms with van der Waals surface area (Å²) in [6, 6.07) is 4.74. The molecule has 2 N–H and O–H groups in total. The summed E-state index contributed by atoms with van der Waals surface area (Å²) in [5.74, 6) is 0.648. The number of alkyl halides is 3. The topological polar surface area (TPSA) is 64.7 Å². The number of nitrogens with one attached hydrogen (secondary N) is 2. The van der Waals surface area contributed by atoms with Crippen molar-refractivity contribution in [2.75, 3.05) is 45.1 Å². The number of hydrogen-bond donors (Lipinski definition) is 2. The second-order valence-electron chi connectivity index (χ2n) is 8.09. The summed E-state index contributed by atoms with van der Waals surface area (Å²) in [6.45, 7) is 5.05. The van der Waals surface area contributed by atoms with E-state index in [1.54, 1.807) is 18.2 Å². The molecule has 1 aromatic carbocycles. The normalized spacial score (nSPS) is 15.4. The zero-order chi connectivity index (χ0) is 22.3. The molecule has 3 amide bonds. The van der Waals surface area contributed by atoms with Crippen LogP contribution in [0.2, 0.25) is 0 Å². The largest absolute Gasteiger partial charge is 0.401 e. The maximum atomic E-state index is 12.7. The quantitative estimate of drug-likeness (QED) is 0.648. The van der Waals surface area contributed by atoms with Crippen molar-refractivity contribution in [1.29, 1.82) is 0 Å². The van der Waals surface area contributed by atoms with E-state index < -0.39 is 18.8 Å². The number of aryl methyl sites for hydroxylation is 1. The molecule has 0 aromatic heterocycles. The molecule has 168 valence electrons. The predicted octanol–water partition coefficient (Wildman–Crippen LogP) is 3.87. The number of nitrogens with zero attached hydrogens (tertiary/aromatic N) is 2. The Morgan fingerprint density at radius 3 is 2.50 bits per heavy atom. The highest BCUT2D eigenvalue weighted by molar-refractivity contribution is 5.96. The highest BCUT2D eigenvalue weighted by Crippen LogP contribution is 2.21. The Morgan fingerprint density at radius 2 is 1.90 bits per heavy atom. The summed E-state index contributed by atoms with van der Waals surface area (Å²) in [4.78, 5) is 27.7. The molecule has 1 aliphatic heterocycles. The van der Waals surface area contributed by atoms with Gasteiger partial charge in [-0.15, -0.1) is 0 Å². The molecule has 1 aromatic rings. The van der Waals surface area contributed by atoms with Crippen LogP contribution in [0.3, 0.4) is 0 Å². The van der Waals surface area contributed by atoms with Gasteiger partial charge in [0.15, 0.2) is 0 Å². The van der Waals surface area contributed by atoms with Gasteiger partial charge in [0.05, 0.1) is 6.54 Å². The van der Waals surface area contributed by atoms with Crippen LogP contribution in [0, 0.1) is 12.8 Å². The number of urea groups is 1.